The highest BCUT2D eigenvalue weighted by Gasteiger charge is 2.39. The van der Waals surface area contributed by atoms with Gasteiger partial charge in [-0.15, -0.1) is 11.6 Å². The Morgan fingerprint density at radius 2 is 2.20 bits per heavy atom. The zero-order chi connectivity index (χ0) is 14.3. The molecule has 3 rings (SSSR count). The van der Waals surface area contributed by atoms with E-state index in [2.05, 4.69) is 17.9 Å². The molecule has 0 radical (unpaired) electrons. The van der Waals surface area contributed by atoms with Gasteiger partial charge in [0.05, 0.1) is 11.4 Å². The number of amides is 2. The average molecular weight is 311 g/mol. The van der Waals surface area contributed by atoms with E-state index < -0.39 is 0 Å². The van der Waals surface area contributed by atoms with Crippen LogP contribution in [0.15, 0.2) is 18.2 Å². The van der Waals surface area contributed by atoms with E-state index in [4.69, 9.17) is 11.6 Å². The zero-order valence-electron chi connectivity index (χ0n) is 10.8. The summed E-state index contributed by atoms with van der Waals surface area (Å²) in [5.41, 5.74) is 3.35. The summed E-state index contributed by atoms with van der Waals surface area (Å²) in [6.45, 7) is 0.651. The number of piperidine rings is 1. The van der Waals surface area contributed by atoms with Crippen LogP contribution in [-0.4, -0.2) is 22.8 Å². The molecule has 1 aromatic rings. The summed E-state index contributed by atoms with van der Waals surface area (Å²) in [7, 11) is 0. The number of nitrogens with one attached hydrogen (secondary N) is 1. The highest BCUT2D eigenvalue weighted by atomic mass is 35.5. The molecule has 2 aliphatic rings. The lowest BCUT2D eigenvalue weighted by molar-refractivity contribution is -0.137. The molecule has 2 unspecified atom stereocenters. The summed E-state index contributed by atoms with van der Waals surface area (Å²) in [6, 6.07) is 5.69. The van der Waals surface area contributed by atoms with E-state index in [-0.39, 0.29) is 23.2 Å². The molecule has 2 amide bonds. The highest BCUT2D eigenvalue weighted by molar-refractivity contribution is 7.80. The number of thiol groups is 1. The van der Waals surface area contributed by atoms with Crippen molar-refractivity contribution >= 4 is 36.0 Å². The van der Waals surface area contributed by atoms with E-state index in [1.807, 2.05) is 23.1 Å². The zero-order valence-corrected chi connectivity index (χ0v) is 12.5. The van der Waals surface area contributed by atoms with Crippen molar-refractivity contribution < 1.29 is 9.59 Å². The molecule has 0 bridgehead atoms. The highest BCUT2D eigenvalue weighted by Crippen LogP contribution is 2.40. The molecule has 20 heavy (non-hydrogen) atoms. The molecule has 1 N–H and O–H groups in total. The van der Waals surface area contributed by atoms with Crippen molar-refractivity contribution in [2.75, 3.05) is 0 Å². The quantitative estimate of drug-likeness (QED) is 0.499. The van der Waals surface area contributed by atoms with Crippen molar-refractivity contribution in [1.82, 2.24) is 10.2 Å². The number of hydrogen-bond acceptors (Lipinski definition) is 4. The summed E-state index contributed by atoms with van der Waals surface area (Å²) in [6.07, 6.45) is 0.929. The van der Waals surface area contributed by atoms with Crippen LogP contribution >= 0.6 is 24.2 Å². The predicted molar refractivity (Wildman–Crippen MR) is 79.4 cm³/mol. The molecule has 4 nitrogen and oxygen atoms in total. The van der Waals surface area contributed by atoms with Crippen LogP contribution in [0.1, 0.15) is 34.9 Å². The first kappa shape index (κ1) is 13.9. The number of hydrogen-bond donors (Lipinski definition) is 2. The Labute approximate surface area is 127 Å². The van der Waals surface area contributed by atoms with Crippen molar-refractivity contribution in [1.29, 1.82) is 0 Å². The van der Waals surface area contributed by atoms with Crippen molar-refractivity contribution in [3.05, 3.63) is 34.9 Å². The number of imide groups is 1. The van der Waals surface area contributed by atoms with Gasteiger partial charge in [0.1, 0.15) is 0 Å². The molecule has 0 spiro atoms. The van der Waals surface area contributed by atoms with Crippen LogP contribution in [-0.2, 0) is 22.0 Å². The van der Waals surface area contributed by atoms with Gasteiger partial charge in [0.2, 0.25) is 11.8 Å². The first-order valence-corrected chi connectivity index (χ1v) is 7.61. The normalized spacial score (nSPS) is 26.5. The molecule has 0 aromatic heterocycles. The van der Waals surface area contributed by atoms with Crippen molar-refractivity contribution in [2.45, 2.75) is 36.7 Å². The second-order valence-corrected chi connectivity index (χ2v) is 5.89. The number of fused-ring (bicyclic) bond motifs is 1. The standard InChI is InChI=1S/C14H15ClN2O2S/c15-6-8-2-1-3-9-10(8)7-17(14(9)20)11-4-5-12(18)16-13(11)19/h1-3,11,14,20H,4-7H2,(H,16,18,19). The number of carbonyl (C=O) groups is 2. The van der Waals surface area contributed by atoms with Gasteiger partial charge in [-0.05, 0) is 23.1 Å². The number of rotatable bonds is 2. The monoisotopic (exact) mass is 310 g/mol. The maximum atomic E-state index is 12.0. The molecule has 2 atom stereocenters. The van der Waals surface area contributed by atoms with Crippen molar-refractivity contribution in [2.24, 2.45) is 0 Å². The minimum absolute atomic E-state index is 0.128. The SMILES string of the molecule is O=C1CCC(N2Cc3c(CCl)cccc3C2S)C(=O)N1. The first-order valence-electron chi connectivity index (χ1n) is 6.56. The van der Waals surface area contributed by atoms with E-state index in [9.17, 15) is 9.59 Å². The van der Waals surface area contributed by atoms with Gasteiger partial charge in [0, 0.05) is 18.8 Å². The Morgan fingerprint density at radius 3 is 2.90 bits per heavy atom. The Balaban J connectivity index is 1.88. The van der Waals surface area contributed by atoms with Gasteiger partial charge < -0.3 is 0 Å². The minimum atomic E-state index is -0.300. The lowest BCUT2D eigenvalue weighted by Gasteiger charge is -2.32. The van der Waals surface area contributed by atoms with Crippen LogP contribution in [0.2, 0.25) is 0 Å². The molecule has 106 valence electrons. The Morgan fingerprint density at radius 1 is 1.40 bits per heavy atom. The topological polar surface area (TPSA) is 49.4 Å². The van der Waals surface area contributed by atoms with Crippen LogP contribution in [0, 0.1) is 0 Å². The van der Waals surface area contributed by atoms with Gasteiger partial charge >= 0.3 is 0 Å². The molecule has 0 saturated carbocycles. The van der Waals surface area contributed by atoms with Gasteiger partial charge in [0.25, 0.3) is 0 Å². The van der Waals surface area contributed by atoms with E-state index >= 15 is 0 Å². The lowest BCUT2D eigenvalue weighted by atomic mass is 10.0. The Hall–Kier alpha value is -1.04. The van der Waals surface area contributed by atoms with Gasteiger partial charge in [-0.25, -0.2) is 0 Å². The average Bonchev–Trinajstić information content (AvgIpc) is 2.76. The molecule has 0 aliphatic carbocycles. The molecule has 2 aliphatic heterocycles. The molecular formula is C14H15ClN2O2S. The third-order valence-electron chi connectivity index (χ3n) is 4.00. The fourth-order valence-corrected chi connectivity index (χ4v) is 3.68. The van der Waals surface area contributed by atoms with Crippen LogP contribution in [0.3, 0.4) is 0 Å². The Kier molecular flexibility index (Phi) is 3.75. The molecule has 2 heterocycles. The van der Waals surface area contributed by atoms with Gasteiger partial charge in [0.15, 0.2) is 0 Å². The van der Waals surface area contributed by atoms with Crippen molar-refractivity contribution in [3.8, 4) is 0 Å². The maximum absolute atomic E-state index is 12.0. The number of nitrogens with zero attached hydrogens (tertiary/aromatic N) is 1. The molecule has 1 fully saturated rings. The fourth-order valence-electron chi connectivity index (χ4n) is 2.94. The van der Waals surface area contributed by atoms with Gasteiger partial charge in [-0.2, -0.15) is 12.6 Å². The molecule has 6 heteroatoms. The number of alkyl halides is 1. The summed E-state index contributed by atoms with van der Waals surface area (Å²) in [5, 5.41) is 2.27. The smallest absolute Gasteiger partial charge is 0.243 e. The maximum Gasteiger partial charge on any atom is 0.243 e. The summed E-state index contributed by atoms with van der Waals surface area (Å²) >= 11 is 10.6. The third kappa shape index (κ3) is 2.24. The van der Waals surface area contributed by atoms with E-state index in [0.29, 0.717) is 25.3 Å². The molecule has 1 aromatic carbocycles. The largest absolute Gasteiger partial charge is 0.295 e. The number of benzene rings is 1. The van der Waals surface area contributed by atoms with E-state index in [0.717, 1.165) is 16.7 Å². The number of carbonyl (C=O) groups excluding carboxylic acids is 2. The molecular weight excluding hydrogens is 296 g/mol. The fraction of sp³-hybridized carbons (Fsp3) is 0.429. The van der Waals surface area contributed by atoms with E-state index in [1.54, 1.807) is 0 Å². The van der Waals surface area contributed by atoms with Gasteiger partial charge in [-0.3, -0.25) is 19.8 Å². The minimum Gasteiger partial charge on any atom is -0.295 e. The summed E-state index contributed by atoms with van der Waals surface area (Å²) in [5.74, 6) is 0.0352. The van der Waals surface area contributed by atoms with E-state index in [1.165, 1.54) is 0 Å². The van der Waals surface area contributed by atoms with Gasteiger partial charge in [-0.1, -0.05) is 18.2 Å². The van der Waals surface area contributed by atoms with Crippen LogP contribution in [0.5, 0.6) is 0 Å². The number of halogens is 1. The van der Waals surface area contributed by atoms with Crippen LogP contribution < -0.4 is 5.32 Å². The molecule has 1 saturated heterocycles. The Bertz CT molecular complexity index is 578. The summed E-state index contributed by atoms with van der Waals surface area (Å²) < 4.78 is 0. The third-order valence-corrected chi connectivity index (χ3v) is 4.86. The first-order chi connectivity index (χ1) is 9.61. The van der Waals surface area contributed by atoms with Crippen LogP contribution in [0.4, 0.5) is 0 Å². The predicted octanol–water partition coefficient (Wildman–Crippen LogP) is 1.97. The second kappa shape index (κ2) is 5.39. The van der Waals surface area contributed by atoms with Crippen molar-refractivity contribution in [3.63, 3.8) is 0 Å². The second-order valence-electron chi connectivity index (χ2n) is 5.13. The summed E-state index contributed by atoms with van der Waals surface area (Å²) in [4.78, 5) is 25.3. The van der Waals surface area contributed by atoms with Crippen LogP contribution in [0.25, 0.3) is 0 Å². The lowest BCUT2D eigenvalue weighted by Crippen LogP contribution is -2.51.